The number of hydrogen-bond acceptors (Lipinski definition) is 8. The number of primary amides is 1. The van der Waals surface area contributed by atoms with E-state index in [-0.39, 0.29) is 35.6 Å². The van der Waals surface area contributed by atoms with Gasteiger partial charge < -0.3 is 30.2 Å². The summed E-state index contributed by atoms with van der Waals surface area (Å²) in [5.74, 6) is 0.262. The first kappa shape index (κ1) is 33.8. The summed E-state index contributed by atoms with van der Waals surface area (Å²) in [6.07, 6.45) is 8.73. The number of rotatable bonds is 10. The summed E-state index contributed by atoms with van der Waals surface area (Å²) in [7, 11) is 7.22. The number of aromatic nitrogens is 4. The lowest BCUT2D eigenvalue weighted by Crippen LogP contribution is -2.27. The van der Waals surface area contributed by atoms with Gasteiger partial charge in [-0.1, -0.05) is 6.08 Å². The monoisotopic (exact) mass is 585 g/mol. The smallest absolute Gasteiger partial charge is 0.404 e. The lowest BCUT2D eigenvalue weighted by atomic mass is 10.2. The number of H-pyrrole nitrogens is 1. The Kier molecular flexibility index (Phi) is 13.5. The number of nitrogens with one attached hydrogen (secondary N) is 2. The van der Waals surface area contributed by atoms with Gasteiger partial charge in [-0.2, -0.15) is 0 Å². The van der Waals surface area contributed by atoms with Crippen molar-refractivity contribution in [1.82, 2.24) is 24.4 Å². The van der Waals surface area contributed by atoms with E-state index in [4.69, 9.17) is 0 Å². The number of aldehydes is 1. The molecule has 3 aromatic rings. The quantitative estimate of drug-likeness (QED) is 0.185. The zero-order chi connectivity index (χ0) is 31.2. The Morgan fingerprint density at radius 1 is 1.29 bits per heavy atom. The molecule has 12 nitrogen and oxygen atoms in total. The molecule has 0 unspecified atom stereocenters. The Morgan fingerprint density at radius 3 is 2.55 bits per heavy atom. The van der Waals surface area contributed by atoms with Crippen LogP contribution in [-0.2, 0) is 27.3 Å². The lowest BCUT2D eigenvalue weighted by molar-refractivity contribution is -0.116. The molecule has 0 saturated heterocycles. The van der Waals surface area contributed by atoms with Gasteiger partial charge >= 0.3 is 6.09 Å². The maximum atomic E-state index is 14.3. The van der Waals surface area contributed by atoms with Gasteiger partial charge in [0.25, 0.3) is 5.56 Å². The molecule has 1 aliphatic carbocycles. The molecule has 42 heavy (non-hydrogen) atoms. The minimum absolute atomic E-state index is 0.113. The number of methoxy groups -OCH3 is 1. The van der Waals surface area contributed by atoms with Crippen molar-refractivity contribution < 1.29 is 23.5 Å². The van der Waals surface area contributed by atoms with Gasteiger partial charge in [-0.05, 0) is 84.3 Å². The molecular formula is C29H40FN7O5. The first-order valence-corrected chi connectivity index (χ1v) is 13.5. The van der Waals surface area contributed by atoms with E-state index in [2.05, 4.69) is 30.7 Å². The molecule has 1 saturated carbocycles. The Balaban J connectivity index is 0.000000600. The number of anilines is 1. The molecule has 4 rings (SSSR count). The lowest BCUT2D eigenvalue weighted by Gasteiger charge is -2.11. The third-order valence-electron chi connectivity index (χ3n) is 5.95. The van der Waals surface area contributed by atoms with Gasteiger partial charge in [-0.25, -0.2) is 14.2 Å². The third kappa shape index (κ3) is 11.2. The van der Waals surface area contributed by atoms with Gasteiger partial charge in [0, 0.05) is 12.1 Å². The van der Waals surface area contributed by atoms with E-state index in [0.29, 0.717) is 42.1 Å². The minimum atomic E-state index is -0.745. The number of imidazole rings is 1. The molecule has 0 spiro atoms. The number of pyridine rings is 2. The van der Waals surface area contributed by atoms with Crippen molar-refractivity contribution in [2.45, 2.75) is 52.0 Å². The van der Waals surface area contributed by atoms with E-state index in [0.717, 1.165) is 25.0 Å². The number of hydrogen-bond donors (Lipinski definition) is 3. The molecule has 4 N–H and O–H groups in total. The number of fused-ring (bicyclic) bond motifs is 1. The fraction of sp³-hybridized carbons (Fsp3) is 0.448. The number of carbonyl (C=O) groups excluding carboxylic acids is 3. The predicted octanol–water partition coefficient (Wildman–Crippen LogP) is 3.32. The van der Waals surface area contributed by atoms with E-state index in [1.807, 2.05) is 26.0 Å². The Hall–Kier alpha value is -4.39. The number of aryl methyl sites for hydroxylation is 1. The molecule has 2 amide bonds. The van der Waals surface area contributed by atoms with Crippen LogP contribution >= 0.6 is 0 Å². The molecule has 0 aliphatic heterocycles. The number of nitrogens with zero attached hydrogens (tertiary/aromatic N) is 4. The number of aromatic amines is 1. The largest absolute Gasteiger partial charge is 0.453 e. The number of halogens is 1. The number of nitrogens with two attached hydrogens (primary N) is 1. The van der Waals surface area contributed by atoms with Gasteiger partial charge in [0.1, 0.15) is 23.3 Å². The number of allylic oxidation sites excluding steroid dienone is 2. The van der Waals surface area contributed by atoms with Crippen LogP contribution in [0.15, 0.2) is 35.3 Å². The summed E-state index contributed by atoms with van der Waals surface area (Å²) in [6, 6.07) is 3.32. The molecule has 3 aromatic heterocycles. The summed E-state index contributed by atoms with van der Waals surface area (Å²) in [5, 5.41) is 2.66. The first-order valence-electron chi connectivity index (χ1n) is 13.5. The van der Waals surface area contributed by atoms with Crippen molar-refractivity contribution in [3.8, 4) is 0 Å². The van der Waals surface area contributed by atoms with E-state index in [1.54, 1.807) is 25.1 Å². The van der Waals surface area contributed by atoms with E-state index >= 15 is 0 Å². The van der Waals surface area contributed by atoms with Crippen molar-refractivity contribution in [3.63, 3.8) is 0 Å². The van der Waals surface area contributed by atoms with Gasteiger partial charge in [-0.15, -0.1) is 0 Å². The highest BCUT2D eigenvalue weighted by atomic mass is 19.1. The van der Waals surface area contributed by atoms with Crippen LogP contribution in [0.5, 0.6) is 0 Å². The molecule has 0 bridgehead atoms. The third-order valence-corrected chi connectivity index (χ3v) is 5.95. The normalized spacial score (nSPS) is 12.4. The molecule has 228 valence electrons. The van der Waals surface area contributed by atoms with Crippen molar-refractivity contribution in [2.24, 2.45) is 11.7 Å². The van der Waals surface area contributed by atoms with Gasteiger partial charge in [0.05, 0.1) is 31.1 Å². The Bertz CT molecular complexity index is 1440. The average Bonchev–Trinajstić information content (AvgIpc) is 3.65. The van der Waals surface area contributed by atoms with Crippen molar-refractivity contribution in [3.05, 3.63) is 63.9 Å². The second-order valence-electron chi connectivity index (χ2n) is 10.3. The van der Waals surface area contributed by atoms with E-state index < -0.39 is 11.9 Å². The van der Waals surface area contributed by atoms with Crippen LogP contribution in [0.1, 0.15) is 49.3 Å². The standard InChI is InChI=1S/C24H26FN5O3.C3H9N.C2H5NO2/c1-15-7-10-18(27-21(32)6-4-2-3-5-11-31)24(33)30(15)14-20-28-22-17(25)13-26-19(23(22)29-20)12-16-8-9-16;1-4(2)3;1-5-2(3)4/h3,5,7,10-11,13,16H,2,4,6,8-9,12,14H2,1H3,(H,27,32)(H,28,29);1-3H3;1H3,(H2,3,4)/b5-3+;;. The molecule has 0 atom stereocenters. The fourth-order valence-corrected chi connectivity index (χ4v) is 3.75. The fourth-order valence-electron chi connectivity index (χ4n) is 3.75. The topological polar surface area (TPSA) is 165 Å². The zero-order valence-corrected chi connectivity index (χ0v) is 24.8. The highest BCUT2D eigenvalue weighted by molar-refractivity contribution is 5.90. The van der Waals surface area contributed by atoms with Crippen molar-refractivity contribution >= 4 is 35.0 Å². The Morgan fingerprint density at radius 2 is 1.95 bits per heavy atom. The molecule has 1 fully saturated rings. The van der Waals surface area contributed by atoms with Gasteiger partial charge in [0.2, 0.25) is 5.91 Å². The highest BCUT2D eigenvalue weighted by Crippen LogP contribution is 2.33. The first-order chi connectivity index (χ1) is 20.0. The van der Waals surface area contributed by atoms with Crippen molar-refractivity contribution in [2.75, 3.05) is 33.6 Å². The summed E-state index contributed by atoms with van der Waals surface area (Å²) >= 11 is 0. The second kappa shape index (κ2) is 16.8. The molecule has 13 heteroatoms. The summed E-state index contributed by atoms with van der Waals surface area (Å²) in [5.41, 5.74) is 6.54. The number of amides is 2. The molecule has 0 aromatic carbocycles. The van der Waals surface area contributed by atoms with Crippen LogP contribution < -0.4 is 16.6 Å². The van der Waals surface area contributed by atoms with E-state index in [1.165, 1.54) is 23.9 Å². The maximum Gasteiger partial charge on any atom is 0.404 e. The minimum Gasteiger partial charge on any atom is -0.453 e. The second-order valence-corrected chi connectivity index (χ2v) is 10.3. The van der Waals surface area contributed by atoms with Crippen LogP contribution in [-0.4, -0.2) is 71.0 Å². The van der Waals surface area contributed by atoms with E-state index in [9.17, 15) is 23.6 Å². The highest BCUT2D eigenvalue weighted by Gasteiger charge is 2.24. The zero-order valence-electron chi connectivity index (χ0n) is 24.8. The molecular weight excluding hydrogens is 545 g/mol. The molecule has 1 aliphatic rings. The molecule has 3 heterocycles. The van der Waals surface area contributed by atoms with Gasteiger partial charge in [0.15, 0.2) is 5.82 Å². The summed E-state index contributed by atoms with van der Waals surface area (Å²) < 4.78 is 19.7. The number of carbonyl (C=O) groups is 3. The van der Waals surface area contributed by atoms with Crippen LogP contribution in [0.2, 0.25) is 0 Å². The Labute approximate surface area is 244 Å². The number of ether oxygens (including phenoxy) is 1. The SMILES string of the molecule is CN(C)C.COC(N)=O.Cc1ccc(NC(=O)CCC/C=C/C=O)c(=O)n1Cc1nc2c(F)cnc(CC3CC3)c2[nH]1. The van der Waals surface area contributed by atoms with Crippen LogP contribution in [0.25, 0.3) is 11.0 Å². The van der Waals surface area contributed by atoms with Crippen LogP contribution in [0, 0.1) is 18.7 Å². The average molecular weight is 586 g/mol. The van der Waals surface area contributed by atoms with Gasteiger partial charge in [-0.3, -0.25) is 19.4 Å². The predicted molar refractivity (Wildman–Crippen MR) is 159 cm³/mol. The van der Waals surface area contributed by atoms with Crippen molar-refractivity contribution in [1.29, 1.82) is 0 Å². The van der Waals surface area contributed by atoms with Crippen LogP contribution in [0.4, 0.5) is 14.9 Å². The maximum absolute atomic E-state index is 14.3. The number of unbranched alkanes of at least 4 members (excludes halogenated alkanes) is 1. The summed E-state index contributed by atoms with van der Waals surface area (Å²) in [6.45, 7) is 1.90. The molecule has 0 radical (unpaired) electrons. The summed E-state index contributed by atoms with van der Waals surface area (Å²) in [4.78, 5) is 58.7. The van der Waals surface area contributed by atoms with Crippen LogP contribution in [0.3, 0.4) is 0 Å².